The molecule has 0 bridgehead atoms. The van der Waals surface area contributed by atoms with Crippen LogP contribution in [0.25, 0.3) is 0 Å². The van der Waals surface area contributed by atoms with Crippen LogP contribution in [0.3, 0.4) is 0 Å². The third-order valence-corrected chi connectivity index (χ3v) is 4.47. The third-order valence-electron chi connectivity index (χ3n) is 4.47. The van der Waals surface area contributed by atoms with E-state index in [-0.39, 0.29) is 5.56 Å². The fourth-order valence-corrected chi connectivity index (χ4v) is 2.99. The second-order valence-electron chi connectivity index (χ2n) is 6.07. The molecule has 6 heteroatoms. The second-order valence-corrected chi connectivity index (χ2v) is 6.07. The Labute approximate surface area is 142 Å². The molecule has 2 rings (SSSR count). The van der Waals surface area contributed by atoms with Crippen LogP contribution >= 0.6 is 0 Å². The van der Waals surface area contributed by atoms with Crippen LogP contribution < -0.4 is 0 Å². The van der Waals surface area contributed by atoms with Gasteiger partial charge in [-0.3, -0.25) is 0 Å². The molecule has 0 amide bonds. The van der Waals surface area contributed by atoms with E-state index in [1.54, 1.807) is 26.0 Å². The number of rotatable bonds is 4. The SMILES string of the molecule is CCc1ccccc1CC(c1ccc(C)cc1)(C(F)(F)F)C(F)(F)F. The van der Waals surface area contributed by atoms with Crippen molar-refractivity contribution in [1.29, 1.82) is 0 Å². The number of aryl methyl sites for hydroxylation is 2. The molecule has 0 saturated heterocycles. The molecule has 0 N–H and O–H groups in total. The highest BCUT2D eigenvalue weighted by Crippen LogP contribution is 2.54. The van der Waals surface area contributed by atoms with Gasteiger partial charge in [-0.15, -0.1) is 0 Å². The molecule has 0 aliphatic carbocycles. The highest BCUT2D eigenvalue weighted by molar-refractivity contribution is 5.38. The van der Waals surface area contributed by atoms with Crippen LogP contribution in [0.15, 0.2) is 48.5 Å². The Morgan fingerprint density at radius 3 is 1.64 bits per heavy atom. The van der Waals surface area contributed by atoms with Gasteiger partial charge in [0.1, 0.15) is 0 Å². The lowest BCUT2D eigenvalue weighted by atomic mass is 9.73. The van der Waals surface area contributed by atoms with Gasteiger partial charge < -0.3 is 0 Å². The summed E-state index contributed by atoms with van der Waals surface area (Å²) in [5.41, 5.74) is -3.61. The van der Waals surface area contributed by atoms with Gasteiger partial charge in [-0.1, -0.05) is 61.0 Å². The normalized spacial score (nSPS) is 13.1. The Morgan fingerprint density at radius 2 is 1.20 bits per heavy atom. The Morgan fingerprint density at radius 1 is 0.720 bits per heavy atom. The van der Waals surface area contributed by atoms with Crippen molar-refractivity contribution in [3.63, 3.8) is 0 Å². The lowest BCUT2D eigenvalue weighted by Crippen LogP contribution is -2.55. The highest BCUT2D eigenvalue weighted by atomic mass is 19.4. The summed E-state index contributed by atoms with van der Waals surface area (Å²) in [4.78, 5) is 0. The number of hydrogen-bond acceptors (Lipinski definition) is 0. The standard InChI is InChI=1S/C19H18F6/c1-3-14-6-4-5-7-15(14)12-17(18(20,21)22,19(23,24)25)16-10-8-13(2)9-11-16/h4-11H,3,12H2,1-2H3. The summed E-state index contributed by atoms with van der Waals surface area (Å²) in [7, 11) is 0. The van der Waals surface area contributed by atoms with E-state index in [9.17, 15) is 26.3 Å². The minimum Gasteiger partial charge on any atom is -0.170 e. The monoisotopic (exact) mass is 360 g/mol. The summed E-state index contributed by atoms with van der Waals surface area (Å²) >= 11 is 0. The molecule has 0 heterocycles. The lowest BCUT2D eigenvalue weighted by molar-refractivity contribution is -0.303. The molecule has 0 unspecified atom stereocenters. The Hall–Kier alpha value is -1.98. The molecule has 0 aliphatic heterocycles. The average molecular weight is 360 g/mol. The van der Waals surface area contributed by atoms with E-state index in [0.29, 0.717) is 17.5 Å². The van der Waals surface area contributed by atoms with Crippen LogP contribution in [0.4, 0.5) is 26.3 Å². The van der Waals surface area contributed by atoms with E-state index in [1.807, 2.05) is 0 Å². The molecule has 0 atom stereocenters. The number of hydrogen-bond donors (Lipinski definition) is 0. The molecule has 25 heavy (non-hydrogen) atoms. The first-order valence-electron chi connectivity index (χ1n) is 7.80. The van der Waals surface area contributed by atoms with Gasteiger partial charge in [-0.25, -0.2) is 0 Å². The number of alkyl halides is 6. The highest BCUT2D eigenvalue weighted by Gasteiger charge is 2.71. The summed E-state index contributed by atoms with van der Waals surface area (Å²) in [6, 6.07) is 10.3. The van der Waals surface area contributed by atoms with Crippen molar-refractivity contribution in [3.8, 4) is 0 Å². The van der Waals surface area contributed by atoms with E-state index in [1.165, 1.54) is 24.3 Å². The van der Waals surface area contributed by atoms with E-state index >= 15 is 0 Å². The minimum atomic E-state index is -5.48. The topological polar surface area (TPSA) is 0 Å². The van der Waals surface area contributed by atoms with Gasteiger partial charge in [0, 0.05) is 0 Å². The van der Waals surface area contributed by atoms with Crippen molar-refractivity contribution in [1.82, 2.24) is 0 Å². The average Bonchev–Trinajstić information content (AvgIpc) is 2.51. The van der Waals surface area contributed by atoms with Crippen molar-refractivity contribution < 1.29 is 26.3 Å². The molecule has 2 aromatic rings. The summed E-state index contributed by atoms with van der Waals surface area (Å²) in [6.45, 7) is 3.31. The molecular weight excluding hydrogens is 342 g/mol. The van der Waals surface area contributed by atoms with Crippen molar-refractivity contribution in [2.24, 2.45) is 0 Å². The molecular formula is C19H18F6. The molecule has 0 saturated carbocycles. The Bertz CT molecular complexity index is 696. The fraction of sp³-hybridized carbons (Fsp3) is 0.368. The van der Waals surface area contributed by atoms with Gasteiger partial charge in [0.2, 0.25) is 0 Å². The van der Waals surface area contributed by atoms with E-state index in [0.717, 1.165) is 12.1 Å². The maximum Gasteiger partial charge on any atom is 0.407 e. The predicted molar refractivity (Wildman–Crippen MR) is 84.5 cm³/mol. The van der Waals surface area contributed by atoms with Gasteiger partial charge in [-0.2, -0.15) is 26.3 Å². The van der Waals surface area contributed by atoms with Crippen molar-refractivity contribution in [2.75, 3.05) is 0 Å². The van der Waals surface area contributed by atoms with E-state index < -0.39 is 29.8 Å². The number of halogens is 6. The van der Waals surface area contributed by atoms with Gasteiger partial charge >= 0.3 is 12.4 Å². The molecule has 0 spiro atoms. The zero-order valence-electron chi connectivity index (χ0n) is 13.8. The number of benzene rings is 2. The maximum atomic E-state index is 13.9. The zero-order valence-corrected chi connectivity index (χ0v) is 13.8. The first-order valence-corrected chi connectivity index (χ1v) is 7.80. The summed E-state index contributed by atoms with van der Waals surface area (Å²) in [6.07, 6.45) is -11.8. The zero-order chi connectivity index (χ0) is 18.9. The smallest absolute Gasteiger partial charge is 0.170 e. The van der Waals surface area contributed by atoms with Crippen LogP contribution in [0.5, 0.6) is 0 Å². The first kappa shape index (κ1) is 19.3. The molecule has 136 valence electrons. The predicted octanol–water partition coefficient (Wildman–Crippen LogP) is 6.16. The van der Waals surface area contributed by atoms with Crippen LogP contribution in [0.1, 0.15) is 29.2 Å². The van der Waals surface area contributed by atoms with Gasteiger partial charge in [0.05, 0.1) is 0 Å². The Balaban J connectivity index is 2.73. The largest absolute Gasteiger partial charge is 0.407 e. The summed E-state index contributed by atoms with van der Waals surface area (Å²) in [5, 5.41) is 0. The molecule has 0 aromatic heterocycles. The van der Waals surface area contributed by atoms with Gasteiger partial charge in [-0.05, 0) is 36.5 Å². The lowest BCUT2D eigenvalue weighted by Gasteiger charge is -2.38. The minimum absolute atomic E-state index is 0.0558. The summed E-state index contributed by atoms with van der Waals surface area (Å²) in [5.74, 6) is 0. The van der Waals surface area contributed by atoms with Crippen molar-refractivity contribution >= 4 is 0 Å². The maximum absolute atomic E-state index is 13.9. The van der Waals surface area contributed by atoms with Crippen molar-refractivity contribution in [3.05, 3.63) is 70.8 Å². The summed E-state index contributed by atoms with van der Waals surface area (Å²) < 4.78 is 83.2. The fourth-order valence-electron chi connectivity index (χ4n) is 2.99. The first-order chi connectivity index (χ1) is 11.5. The van der Waals surface area contributed by atoms with Gasteiger partial charge in [0.25, 0.3) is 0 Å². The van der Waals surface area contributed by atoms with Crippen LogP contribution in [-0.4, -0.2) is 12.4 Å². The Kier molecular flexibility index (Phi) is 5.21. The quantitative estimate of drug-likeness (QED) is 0.573. The molecule has 0 aliphatic rings. The van der Waals surface area contributed by atoms with Gasteiger partial charge in [0.15, 0.2) is 5.41 Å². The second kappa shape index (κ2) is 6.73. The molecule has 0 nitrogen and oxygen atoms in total. The van der Waals surface area contributed by atoms with Crippen LogP contribution in [0, 0.1) is 6.92 Å². The van der Waals surface area contributed by atoms with Crippen molar-refractivity contribution in [2.45, 2.75) is 44.5 Å². The molecule has 2 aromatic carbocycles. The van der Waals surface area contributed by atoms with E-state index in [4.69, 9.17) is 0 Å². The molecule has 0 fully saturated rings. The van der Waals surface area contributed by atoms with Crippen LogP contribution in [-0.2, 0) is 18.3 Å². The third kappa shape index (κ3) is 3.53. The van der Waals surface area contributed by atoms with E-state index in [2.05, 4.69) is 0 Å². The molecule has 0 radical (unpaired) electrons. The van der Waals surface area contributed by atoms with Crippen LogP contribution in [0.2, 0.25) is 0 Å².